The lowest BCUT2D eigenvalue weighted by molar-refractivity contribution is -0.124. The molecule has 0 radical (unpaired) electrons. The monoisotopic (exact) mass is 509 g/mol. The minimum absolute atomic E-state index is 0.00637. The van der Waals surface area contributed by atoms with Gasteiger partial charge in [0.05, 0.1) is 31.3 Å². The van der Waals surface area contributed by atoms with Gasteiger partial charge in [-0.2, -0.15) is 0 Å². The van der Waals surface area contributed by atoms with Gasteiger partial charge in [0.2, 0.25) is 5.91 Å². The highest BCUT2D eigenvalue weighted by Crippen LogP contribution is 2.12. The molecule has 0 rings (SSSR count). The van der Waals surface area contributed by atoms with Crippen LogP contribution in [0.4, 0.5) is 0 Å². The molecule has 0 aromatic rings. The molecular weight excluding hydrogens is 450 g/mol. The van der Waals surface area contributed by atoms with E-state index < -0.39 is 18.2 Å². The summed E-state index contributed by atoms with van der Waals surface area (Å²) in [6.07, 6.45) is 28.8. The van der Waals surface area contributed by atoms with Crippen LogP contribution in [-0.2, 0) is 4.79 Å². The van der Waals surface area contributed by atoms with Crippen molar-refractivity contribution in [3.63, 3.8) is 0 Å². The number of amides is 1. The van der Waals surface area contributed by atoms with E-state index in [1.165, 1.54) is 83.5 Å². The number of hydrogen-bond acceptors (Lipinski definition) is 4. The topological polar surface area (TPSA) is 89.8 Å². The van der Waals surface area contributed by atoms with Crippen molar-refractivity contribution < 1.29 is 20.1 Å². The van der Waals surface area contributed by atoms with Crippen LogP contribution in [0.15, 0.2) is 24.3 Å². The molecular formula is C31H59NO4. The molecule has 0 saturated heterocycles. The van der Waals surface area contributed by atoms with E-state index in [9.17, 15) is 20.1 Å². The lowest BCUT2D eigenvalue weighted by atomic mass is 10.0. The molecule has 3 unspecified atom stereocenters. The van der Waals surface area contributed by atoms with E-state index in [0.717, 1.165) is 32.1 Å². The summed E-state index contributed by atoms with van der Waals surface area (Å²) in [5, 5.41) is 32.7. The first kappa shape index (κ1) is 34.8. The maximum absolute atomic E-state index is 12.2. The smallest absolute Gasteiger partial charge is 0.222 e. The van der Waals surface area contributed by atoms with Crippen LogP contribution >= 0.6 is 0 Å². The first-order chi connectivity index (χ1) is 17.5. The Morgan fingerprint density at radius 1 is 0.694 bits per heavy atom. The maximum Gasteiger partial charge on any atom is 0.222 e. The van der Waals surface area contributed by atoms with E-state index in [2.05, 4.69) is 31.3 Å². The fraction of sp³-hybridized carbons (Fsp3) is 0.839. The Hall–Kier alpha value is -1.17. The van der Waals surface area contributed by atoms with Crippen LogP contribution in [0.25, 0.3) is 0 Å². The molecule has 0 bridgehead atoms. The molecule has 4 N–H and O–H groups in total. The molecule has 36 heavy (non-hydrogen) atoms. The Balaban J connectivity index is 3.88. The summed E-state index contributed by atoms with van der Waals surface area (Å²) in [6.45, 7) is 4.11. The second-order valence-corrected chi connectivity index (χ2v) is 10.4. The highest BCUT2D eigenvalue weighted by Gasteiger charge is 2.19. The molecule has 0 fully saturated rings. The summed E-state index contributed by atoms with van der Waals surface area (Å²) >= 11 is 0. The third-order valence-corrected chi connectivity index (χ3v) is 6.74. The zero-order chi connectivity index (χ0) is 26.7. The molecule has 0 aliphatic heterocycles. The van der Waals surface area contributed by atoms with Gasteiger partial charge in [0.15, 0.2) is 0 Å². The normalized spacial score (nSPS) is 14.5. The summed E-state index contributed by atoms with van der Waals surface area (Å²) in [6, 6.07) is -0.753. The summed E-state index contributed by atoms with van der Waals surface area (Å²) < 4.78 is 0. The van der Waals surface area contributed by atoms with Crippen molar-refractivity contribution in [1.82, 2.24) is 5.32 Å². The van der Waals surface area contributed by atoms with E-state index in [1.807, 2.05) is 6.08 Å². The number of allylic oxidation sites excluding steroid dienone is 3. The highest BCUT2D eigenvalue weighted by atomic mass is 16.3. The molecule has 0 saturated carbocycles. The highest BCUT2D eigenvalue weighted by molar-refractivity contribution is 5.76. The molecule has 0 spiro atoms. The Labute approximate surface area is 222 Å². The van der Waals surface area contributed by atoms with Gasteiger partial charge in [-0.25, -0.2) is 0 Å². The summed E-state index contributed by atoms with van der Waals surface area (Å²) in [4.78, 5) is 12.2. The number of nitrogens with one attached hydrogen (secondary N) is 1. The second kappa shape index (κ2) is 26.9. The molecule has 3 atom stereocenters. The van der Waals surface area contributed by atoms with Crippen molar-refractivity contribution in [2.45, 2.75) is 161 Å². The van der Waals surface area contributed by atoms with Gasteiger partial charge in [0.1, 0.15) is 0 Å². The van der Waals surface area contributed by atoms with Crippen LogP contribution < -0.4 is 5.32 Å². The molecule has 1 amide bonds. The fourth-order valence-corrected chi connectivity index (χ4v) is 4.35. The van der Waals surface area contributed by atoms with Gasteiger partial charge >= 0.3 is 0 Å². The third kappa shape index (κ3) is 23.2. The van der Waals surface area contributed by atoms with Gasteiger partial charge in [-0.3, -0.25) is 4.79 Å². The number of hydrogen-bond donors (Lipinski definition) is 4. The van der Waals surface area contributed by atoms with Crippen LogP contribution in [0.2, 0.25) is 0 Å². The first-order valence-electron chi connectivity index (χ1n) is 15.1. The maximum atomic E-state index is 12.2. The van der Waals surface area contributed by atoms with Crippen LogP contribution in [-0.4, -0.2) is 46.1 Å². The predicted octanol–water partition coefficient (Wildman–Crippen LogP) is 7.14. The van der Waals surface area contributed by atoms with Crippen molar-refractivity contribution in [2.24, 2.45) is 0 Å². The Morgan fingerprint density at radius 3 is 1.78 bits per heavy atom. The zero-order valence-electron chi connectivity index (χ0n) is 23.6. The number of unbranched alkanes of at least 4 members (excludes halogenated alkanes) is 15. The second-order valence-electron chi connectivity index (χ2n) is 10.4. The van der Waals surface area contributed by atoms with Gasteiger partial charge in [-0.05, 0) is 32.1 Å². The average Bonchev–Trinajstić information content (AvgIpc) is 2.86. The van der Waals surface area contributed by atoms with Crippen LogP contribution in [0, 0.1) is 0 Å². The SMILES string of the molecule is CCCCCCCCCC/C=C/CC/C=C/C(O)C(CO)NC(=O)CC(O)CCCCCCCCC. The first-order valence-corrected chi connectivity index (χ1v) is 15.1. The Morgan fingerprint density at radius 2 is 1.19 bits per heavy atom. The fourth-order valence-electron chi connectivity index (χ4n) is 4.35. The lowest BCUT2D eigenvalue weighted by Gasteiger charge is -2.21. The number of carbonyl (C=O) groups is 1. The minimum Gasteiger partial charge on any atom is -0.394 e. The number of aliphatic hydroxyl groups is 3. The van der Waals surface area contributed by atoms with Crippen molar-refractivity contribution in [1.29, 1.82) is 0 Å². The standard InChI is InChI=1S/C31H59NO4/c1-3-5-7-9-11-12-13-14-15-16-17-19-21-23-25-30(35)29(27-33)32-31(36)26-28(34)24-22-20-18-10-8-6-4-2/h16-17,23,25,28-30,33-35H,3-15,18-22,24,26-27H2,1-2H3,(H,32,36)/b17-16+,25-23+. The van der Waals surface area contributed by atoms with E-state index in [1.54, 1.807) is 6.08 Å². The van der Waals surface area contributed by atoms with Crippen molar-refractivity contribution in [3.8, 4) is 0 Å². The number of carbonyl (C=O) groups excluding carboxylic acids is 1. The lowest BCUT2D eigenvalue weighted by Crippen LogP contribution is -2.45. The van der Waals surface area contributed by atoms with Crippen LogP contribution in [0.1, 0.15) is 142 Å². The van der Waals surface area contributed by atoms with Gasteiger partial charge in [0, 0.05) is 0 Å². The van der Waals surface area contributed by atoms with Crippen molar-refractivity contribution >= 4 is 5.91 Å². The van der Waals surface area contributed by atoms with E-state index in [4.69, 9.17) is 0 Å². The zero-order valence-corrected chi connectivity index (χ0v) is 23.6. The molecule has 0 aliphatic rings. The molecule has 212 valence electrons. The molecule has 5 nitrogen and oxygen atoms in total. The van der Waals surface area contributed by atoms with Gasteiger partial charge < -0.3 is 20.6 Å². The average molecular weight is 510 g/mol. The predicted molar refractivity (Wildman–Crippen MR) is 153 cm³/mol. The minimum atomic E-state index is -0.944. The van der Waals surface area contributed by atoms with Crippen LogP contribution in [0.5, 0.6) is 0 Å². The summed E-state index contributed by atoms with van der Waals surface area (Å²) in [5.74, 6) is -0.333. The quantitative estimate of drug-likeness (QED) is 0.0737. The van der Waals surface area contributed by atoms with Gasteiger partial charge in [-0.15, -0.1) is 0 Å². The molecule has 0 aromatic heterocycles. The Kier molecular flexibility index (Phi) is 26.0. The number of aliphatic hydroxyl groups excluding tert-OH is 3. The van der Waals surface area contributed by atoms with Gasteiger partial charge in [0.25, 0.3) is 0 Å². The molecule has 0 aliphatic carbocycles. The molecule has 0 aromatic carbocycles. The summed E-state index contributed by atoms with van der Waals surface area (Å²) in [7, 11) is 0. The van der Waals surface area contributed by atoms with Crippen molar-refractivity contribution in [2.75, 3.05) is 6.61 Å². The number of rotatable bonds is 26. The van der Waals surface area contributed by atoms with Crippen molar-refractivity contribution in [3.05, 3.63) is 24.3 Å². The third-order valence-electron chi connectivity index (χ3n) is 6.74. The molecule has 5 heteroatoms. The Bertz CT molecular complexity index is 535. The van der Waals surface area contributed by atoms with Gasteiger partial charge in [-0.1, -0.05) is 128 Å². The largest absolute Gasteiger partial charge is 0.394 e. The van der Waals surface area contributed by atoms with E-state index in [0.29, 0.717) is 6.42 Å². The molecule has 0 heterocycles. The van der Waals surface area contributed by atoms with E-state index >= 15 is 0 Å². The van der Waals surface area contributed by atoms with E-state index in [-0.39, 0.29) is 18.9 Å². The van der Waals surface area contributed by atoms with Crippen LogP contribution in [0.3, 0.4) is 0 Å². The summed E-state index contributed by atoms with van der Waals surface area (Å²) in [5.41, 5.74) is 0.